The third-order valence-electron chi connectivity index (χ3n) is 7.49. The van der Waals surface area contributed by atoms with Gasteiger partial charge in [-0.1, -0.05) is 66.7 Å². The molecule has 0 saturated carbocycles. The number of allylic oxidation sites excluding steroid dienone is 2. The summed E-state index contributed by atoms with van der Waals surface area (Å²) in [6.45, 7) is 2.19. The Hall–Kier alpha value is -4.11. The minimum absolute atomic E-state index is 0.109. The van der Waals surface area contributed by atoms with Crippen LogP contribution in [0.1, 0.15) is 39.9 Å². The van der Waals surface area contributed by atoms with Crippen molar-refractivity contribution in [3.05, 3.63) is 122 Å². The zero-order valence-electron chi connectivity index (χ0n) is 22.2. The van der Waals surface area contributed by atoms with Gasteiger partial charge in [-0.25, -0.2) is 4.79 Å². The number of fused-ring (bicyclic) bond motifs is 3. The molecular formula is C33H26INO5. The molecule has 1 N–H and O–H groups in total. The van der Waals surface area contributed by atoms with Gasteiger partial charge in [-0.05, 0) is 63.5 Å². The van der Waals surface area contributed by atoms with E-state index in [0.29, 0.717) is 40.5 Å². The number of carbonyl (C=O) groups excluding carboxylic acids is 2. The molecule has 1 atom stereocenters. The molecule has 0 fully saturated rings. The average Bonchev–Trinajstić information content (AvgIpc) is 3.26. The normalized spacial score (nSPS) is 16.0. The molecule has 4 aromatic carbocycles. The summed E-state index contributed by atoms with van der Waals surface area (Å²) in [5.41, 5.74) is 5.53. The molecule has 1 aliphatic carbocycles. The monoisotopic (exact) mass is 643 g/mol. The molecule has 1 heterocycles. The van der Waals surface area contributed by atoms with E-state index in [1.807, 2.05) is 61.5 Å². The molecule has 1 aliphatic heterocycles. The maximum Gasteiger partial charge on any atom is 0.336 e. The summed E-state index contributed by atoms with van der Waals surface area (Å²) in [5, 5.41) is 5.60. The standard InChI is InChI=1S/C33H26INO5/c1-18-27(33(37)39-3)28(29-30(35-18)23-13-6-7-14-24(23)31(29)36)21-15-25(34)32(26(16-21)38-2)40-17-20-11-8-10-19-9-4-5-12-22(19)20/h4-16,28,35H,17H2,1-3H3/t28-/m0/s1. The second kappa shape index (κ2) is 10.5. The molecule has 6 rings (SSSR count). The molecule has 0 saturated heterocycles. The van der Waals surface area contributed by atoms with Gasteiger partial charge in [0.1, 0.15) is 6.61 Å². The fraction of sp³-hybridized carbons (Fsp3) is 0.152. The van der Waals surface area contributed by atoms with Crippen molar-refractivity contribution in [2.75, 3.05) is 14.2 Å². The van der Waals surface area contributed by atoms with Crippen LogP contribution in [-0.4, -0.2) is 26.0 Å². The Bertz CT molecular complexity index is 1760. The molecule has 0 aromatic heterocycles. The van der Waals surface area contributed by atoms with Crippen molar-refractivity contribution in [3.8, 4) is 11.5 Å². The van der Waals surface area contributed by atoms with Gasteiger partial charge in [0.2, 0.25) is 0 Å². The van der Waals surface area contributed by atoms with Gasteiger partial charge in [0.15, 0.2) is 17.3 Å². The van der Waals surface area contributed by atoms with Gasteiger partial charge in [-0.3, -0.25) is 4.79 Å². The summed E-state index contributed by atoms with van der Waals surface area (Å²) in [6, 6.07) is 25.7. The molecule has 0 bridgehead atoms. The van der Waals surface area contributed by atoms with E-state index in [0.717, 1.165) is 36.7 Å². The molecule has 40 heavy (non-hydrogen) atoms. The summed E-state index contributed by atoms with van der Waals surface area (Å²) in [4.78, 5) is 26.8. The number of dihydropyridines is 1. The highest BCUT2D eigenvalue weighted by atomic mass is 127. The number of halogens is 1. The minimum atomic E-state index is -0.641. The maximum atomic E-state index is 13.7. The topological polar surface area (TPSA) is 73.9 Å². The van der Waals surface area contributed by atoms with Crippen molar-refractivity contribution in [1.82, 2.24) is 5.32 Å². The van der Waals surface area contributed by atoms with Gasteiger partial charge in [0.05, 0.1) is 29.1 Å². The van der Waals surface area contributed by atoms with Crippen LogP contribution in [0.2, 0.25) is 0 Å². The van der Waals surface area contributed by atoms with Crippen LogP contribution in [-0.2, 0) is 16.1 Å². The molecule has 0 radical (unpaired) electrons. The van der Waals surface area contributed by atoms with Crippen molar-refractivity contribution < 1.29 is 23.8 Å². The number of hydrogen-bond acceptors (Lipinski definition) is 6. The highest BCUT2D eigenvalue weighted by Gasteiger charge is 2.43. The van der Waals surface area contributed by atoms with E-state index in [1.165, 1.54) is 7.11 Å². The van der Waals surface area contributed by atoms with Crippen LogP contribution in [0.25, 0.3) is 16.5 Å². The number of rotatable bonds is 6. The van der Waals surface area contributed by atoms with E-state index in [9.17, 15) is 9.59 Å². The zero-order valence-corrected chi connectivity index (χ0v) is 24.4. The average molecular weight is 643 g/mol. The summed E-state index contributed by atoms with van der Waals surface area (Å²) in [6.07, 6.45) is 0. The van der Waals surface area contributed by atoms with E-state index in [4.69, 9.17) is 14.2 Å². The number of nitrogens with one attached hydrogen (secondary N) is 1. The quantitative estimate of drug-likeness (QED) is 0.185. The molecule has 0 amide bonds. The van der Waals surface area contributed by atoms with Gasteiger partial charge in [0.25, 0.3) is 0 Å². The van der Waals surface area contributed by atoms with Crippen molar-refractivity contribution in [3.63, 3.8) is 0 Å². The second-order valence-corrected chi connectivity index (χ2v) is 10.9. The highest BCUT2D eigenvalue weighted by Crippen LogP contribution is 2.48. The van der Waals surface area contributed by atoms with E-state index in [2.05, 4.69) is 52.2 Å². The zero-order chi connectivity index (χ0) is 28.0. The van der Waals surface area contributed by atoms with Gasteiger partial charge >= 0.3 is 5.97 Å². The number of methoxy groups -OCH3 is 2. The van der Waals surface area contributed by atoms with Gasteiger partial charge < -0.3 is 19.5 Å². The van der Waals surface area contributed by atoms with Crippen LogP contribution >= 0.6 is 22.6 Å². The van der Waals surface area contributed by atoms with E-state index in [-0.39, 0.29) is 5.78 Å². The second-order valence-electron chi connectivity index (χ2n) is 9.71. The first-order valence-electron chi connectivity index (χ1n) is 12.8. The van der Waals surface area contributed by atoms with Crippen LogP contribution in [0.15, 0.2) is 95.7 Å². The first-order chi connectivity index (χ1) is 19.4. The summed E-state index contributed by atoms with van der Waals surface area (Å²) >= 11 is 2.22. The van der Waals surface area contributed by atoms with Crippen LogP contribution in [0.3, 0.4) is 0 Å². The Morgan fingerprint density at radius 1 is 0.950 bits per heavy atom. The van der Waals surface area contributed by atoms with E-state index < -0.39 is 11.9 Å². The Morgan fingerprint density at radius 2 is 1.68 bits per heavy atom. The molecule has 4 aromatic rings. The first-order valence-corrected chi connectivity index (χ1v) is 13.9. The number of hydrogen-bond donors (Lipinski definition) is 1. The fourth-order valence-electron chi connectivity index (χ4n) is 5.66. The van der Waals surface area contributed by atoms with Crippen LogP contribution < -0.4 is 14.8 Å². The van der Waals surface area contributed by atoms with Gasteiger partial charge in [-0.2, -0.15) is 0 Å². The Morgan fingerprint density at radius 3 is 2.45 bits per heavy atom. The number of ether oxygens (including phenoxy) is 3. The lowest BCUT2D eigenvalue weighted by atomic mass is 9.79. The van der Waals surface area contributed by atoms with Crippen LogP contribution in [0.4, 0.5) is 0 Å². The van der Waals surface area contributed by atoms with E-state index >= 15 is 0 Å². The smallest absolute Gasteiger partial charge is 0.336 e. The van der Waals surface area contributed by atoms with E-state index in [1.54, 1.807) is 7.11 Å². The van der Waals surface area contributed by atoms with Crippen molar-refractivity contribution in [2.24, 2.45) is 0 Å². The molecule has 0 unspecified atom stereocenters. The van der Waals surface area contributed by atoms with Gasteiger partial charge in [0, 0.05) is 28.3 Å². The number of carbonyl (C=O) groups is 2. The molecule has 6 nitrogen and oxygen atoms in total. The number of Topliss-reactive ketones (excluding diaryl/α,β-unsaturated/α-hetero) is 1. The largest absolute Gasteiger partial charge is 0.493 e. The molecule has 200 valence electrons. The molecule has 0 spiro atoms. The number of benzene rings is 4. The number of ketones is 1. The lowest BCUT2D eigenvalue weighted by Crippen LogP contribution is -2.29. The number of esters is 1. The summed E-state index contributed by atoms with van der Waals surface area (Å²) in [7, 11) is 2.94. The fourth-order valence-corrected chi connectivity index (χ4v) is 6.44. The highest BCUT2D eigenvalue weighted by molar-refractivity contribution is 14.1. The molecular weight excluding hydrogens is 617 g/mol. The van der Waals surface area contributed by atoms with Crippen molar-refractivity contribution in [1.29, 1.82) is 0 Å². The van der Waals surface area contributed by atoms with Crippen LogP contribution in [0, 0.1) is 3.57 Å². The lowest BCUT2D eigenvalue weighted by molar-refractivity contribution is -0.136. The third kappa shape index (κ3) is 4.25. The predicted molar refractivity (Wildman–Crippen MR) is 162 cm³/mol. The van der Waals surface area contributed by atoms with Crippen molar-refractivity contribution in [2.45, 2.75) is 19.4 Å². The van der Waals surface area contributed by atoms with Crippen LogP contribution in [0.5, 0.6) is 11.5 Å². The van der Waals surface area contributed by atoms with Crippen molar-refractivity contribution >= 4 is 50.8 Å². The maximum absolute atomic E-state index is 13.7. The summed E-state index contributed by atoms with van der Waals surface area (Å²) in [5.74, 6) is -0.118. The third-order valence-corrected chi connectivity index (χ3v) is 8.29. The Balaban J connectivity index is 1.43. The Labute approximate surface area is 245 Å². The summed E-state index contributed by atoms with van der Waals surface area (Å²) < 4.78 is 18.1. The SMILES string of the molecule is COC(=O)C1=C(C)NC2=C(C(=O)c3ccccc32)[C@H]1c1cc(I)c(OCc2cccc3ccccc23)c(OC)c1. The predicted octanol–water partition coefficient (Wildman–Crippen LogP) is 6.77. The molecule has 2 aliphatic rings. The Kier molecular flexibility index (Phi) is 6.83. The van der Waals surface area contributed by atoms with Gasteiger partial charge in [-0.15, -0.1) is 0 Å². The molecule has 7 heteroatoms. The first kappa shape index (κ1) is 26.1. The lowest BCUT2D eigenvalue weighted by Gasteiger charge is -2.29. The minimum Gasteiger partial charge on any atom is -0.493 e.